The topological polar surface area (TPSA) is 65.5 Å². The number of carbonyl (C=O) groups excluding carboxylic acids is 2. The number of carbonyl (C=O) groups is 2. The second-order valence-electron chi connectivity index (χ2n) is 7.11. The van der Waals surface area contributed by atoms with E-state index in [9.17, 15) is 9.59 Å². The van der Waals surface area contributed by atoms with E-state index in [1.54, 1.807) is 12.3 Å². The number of anilines is 2. The Morgan fingerprint density at radius 3 is 2.46 bits per heavy atom. The quantitative estimate of drug-likeness (QED) is 0.829. The summed E-state index contributed by atoms with van der Waals surface area (Å²) >= 11 is 0. The molecule has 0 saturated carbocycles. The van der Waals surface area contributed by atoms with Crippen molar-refractivity contribution >= 4 is 23.3 Å². The predicted octanol–water partition coefficient (Wildman–Crippen LogP) is 3.34. The molecule has 2 aromatic rings. The Morgan fingerprint density at radius 2 is 1.79 bits per heavy atom. The van der Waals surface area contributed by atoms with E-state index in [0.717, 1.165) is 43.0 Å². The second kappa shape index (κ2) is 9.17. The molecule has 0 atom stereocenters. The van der Waals surface area contributed by atoms with Crippen molar-refractivity contribution in [2.24, 2.45) is 0 Å². The molecule has 1 saturated heterocycles. The summed E-state index contributed by atoms with van der Waals surface area (Å²) in [5, 5.41) is 2.81. The third-order valence-corrected chi connectivity index (χ3v) is 4.56. The van der Waals surface area contributed by atoms with Crippen molar-refractivity contribution in [3.8, 4) is 0 Å². The monoisotopic (exact) mass is 378 g/mol. The van der Waals surface area contributed by atoms with Gasteiger partial charge in [0, 0.05) is 37.8 Å². The third-order valence-electron chi connectivity index (χ3n) is 4.56. The summed E-state index contributed by atoms with van der Waals surface area (Å²) in [5.41, 5.74) is 2.34. The first-order valence-electron chi connectivity index (χ1n) is 9.54. The number of hydrogen-bond acceptors (Lipinski definition) is 4. The number of nitrogens with one attached hydrogen (secondary N) is 1. The van der Waals surface area contributed by atoms with E-state index in [0.29, 0.717) is 12.2 Å². The minimum absolute atomic E-state index is 0.0766. The SMILES string of the molecule is CC(C)=CC(=O)Nc1ccc(N2CCCN(C(=O)c3ccccc3)CC2)nc1. The Bertz CT molecular complexity index is 843. The number of nitrogens with zero attached hydrogens (tertiary/aromatic N) is 3. The smallest absolute Gasteiger partial charge is 0.253 e. The van der Waals surface area contributed by atoms with Crippen molar-refractivity contribution in [1.82, 2.24) is 9.88 Å². The molecule has 6 heteroatoms. The van der Waals surface area contributed by atoms with Gasteiger partial charge in [-0.15, -0.1) is 0 Å². The maximum Gasteiger partial charge on any atom is 0.253 e. The summed E-state index contributed by atoms with van der Waals surface area (Å²) in [6.45, 7) is 6.73. The Balaban J connectivity index is 1.60. The largest absolute Gasteiger partial charge is 0.355 e. The molecular formula is C22H26N4O2. The summed E-state index contributed by atoms with van der Waals surface area (Å²) in [4.78, 5) is 33.1. The normalized spacial score (nSPS) is 14.2. The van der Waals surface area contributed by atoms with E-state index in [-0.39, 0.29) is 11.8 Å². The summed E-state index contributed by atoms with van der Waals surface area (Å²) in [6, 6.07) is 13.2. The van der Waals surface area contributed by atoms with Gasteiger partial charge in [0.15, 0.2) is 0 Å². The molecule has 1 aliphatic heterocycles. The number of amides is 2. The molecular weight excluding hydrogens is 352 g/mol. The molecule has 3 rings (SSSR count). The lowest BCUT2D eigenvalue weighted by Crippen LogP contribution is -2.35. The fourth-order valence-corrected chi connectivity index (χ4v) is 3.20. The van der Waals surface area contributed by atoms with Gasteiger partial charge >= 0.3 is 0 Å². The van der Waals surface area contributed by atoms with Gasteiger partial charge in [-0.1, -0.05) is 23.8 Å². The fourth-order valence-electron chi connectivity index (χ4n) is 3.20. The average Bonchev–Trinajstić information content (AvgIpc) is 2.94. The van der Waals surface area contributed by atoms with Crippen molar-refractivity contribution in [3.05, 3.63) is 65.9 Å². The van der Waals surface area contributed by atoms with Crippen LogP contribution in [0.15, 0.2) is 60.3 Å². The van der Waals surface area contributed by atoms with Crippen molar-refractivity contribution in [2.45, 2.75) is 20.3 Å². The Kier molecular flexibility index (Phi) is 6.42. The molecule has 2 heterocycles. The molecule has 6 nitrogen and oxygen atoms in total. The molecule has 0 radical (unpaired) electrons. The van der Waals surface area contributed by atoms with Crippen LogP contribution in [-0.2, 0) is 4.79 Å². The zero-order valence-corrected chi connectivity index (χ0v) is 16.4. The van der Waals surface area contributed by atoms with E-state index in [4.69, 9.17) is 0 Å². The summed E-state index contributed by atoms with van der Waals surface area (Å²) in [6.07, 6.45) is 4.12. The molecule has 0 spiro atoms. The first-order chi connectivity index (χ1) is 13.5. The van der Waals surface area contributed by atoms with Crippen LogP contribution in [0.4, 0.5) is 11.5 Å². The summed E-state index contributed by atoms with van der Waals surface area (Å²) in [7, 11) is 0. The van der Waals surface area contributed by atoms with Gasteiger partial charge in [0.1, 0.15) is 5.82 Å². The van der Waals surface area contributed by atoms with Crippen LogP contribution >= 0.6 is 0 Å². The van der Waals surface area contributed by atoms with E-state index in [1.807, 2.05) is 61.2 Å². The number of rotatable bonds is 4. The maximum atomic E-state index is 12.7. The van der Waals surface area contributed by atoms with Crippen molar-refractivity contribution in [2.75, 3.05) is 36.4 Å². The molecule has 2 amide bonds. The lowest BCUT2D eigenvalue weighted by atomic mass is 10.2. The van der Waals surface area contributed by atoms with E-state index in [2.05, 4.69) is 15.2 Å². The highest BCUT2D eigenvalue weighted by Gasteiger charge is 2.20. The minimum atomic E-state index is -0.153. The van der Waals surface area contributed by atoms with E-state index < -0.39 is 0 Å². The number of pyridine rings is 1. The Labute approximate surface area is 165 Å². The number of hydrogen-bond donors (Lipinski definition) is 1. The number of aromatic nitrogens is 1. The van der Waals surface area contributed by atoms with E-state index in [1.165, 1.54) is 0 Å². The first-order valence-corrected chi connectivity index (χ1v) is 9.54. The highest BCUT2D eigenvalue weighted by atomic mass is 16.2. The predicted molar refractivity (Wildman–Crippen MR) is 111 cm³/mol. The highest BCUT2D eigenvalue weighted by Crippen LogP contribution is 2.17. The molecule has 0 aliphatic carbocycles. The lowest BCUT2D eigenvalue weighted by molar-refractivity contribution is -0.111. The van der Waals surface area contributed by atoms with Crippen LogP contribution in [0, 0.1) is 0 Å². The molecule has 0 bridgehead atoms. The lowest BCUT2D eigenvalue weighted by Gasteiger charge is -2.23. The van der Waals surface area contributed by atoms with Crippen LogP contribution in [0.5, 0.6) is 0 Å². The molecule has 1 fully saturated rings. The molecule has 1 aliphatic rings. The number of benzene rings is 1. The summed E-state index contributed by atoms with van der Waals surface area (Å²) in [5.74, 6) is 0.779. The molecule has 1 aromatic heterocycles. The minimum Gasteiger partial charge on any atom is -0.355 e. The van der Waals surface area contributed by atoms with Gasteiger partial charge in [-0.05, 0) is 44.5 Å². The van der Waals surface area contributed by atoms with Crippen LogP contribution in [0.3, 0.4) is 0 Å². The molecule has 28 heavy (non-hydrogen) atoms. The van der Waals surface area contributed by atoms with Gasteiger partial charge in [0.25, 0.3) is 5.91 Å². The average molecular weight is 378 g/mol. The number of allylic oxidation sites excluding steroid dienone is 1. The van der Waals surface area contributed by atoms with Crippen LogP contribution in [-0.4, -0.2) is 47.9 Å². The van der Waals surface area contributed by atoms with Gasteiger partial charge < -0.3 is 15.1 Å². The van der Waals surface area contributed by atoms with Gasteiger partial charge in [-0.3, -0.25) is 9.59 Å². The first kappa shape index (κ1) is 19.6. The fraction of sp³-hybridized carbons (Fsp3) is 0.318. The van der Waals surface area contributed by atoms with E-state index >= 15 is 0 Å². The standard InChI is InChI=1S/C22H26N4O2/c1-17(2)15-21(27)24-19-9-10-20(23-16-19)25-11-6-12-26(14-13-25)22(28)18-7-4-3-5-8-18/h3-5,7-10,15-16H,6,11-14H2,1-2H3,(H,24,27). The second-order valence-corrected chi connectivity index (χ2v) is 7.11. The van der Waals surface area contributed by atoms with Crippen molar-refractivity contribution < 1.29 is 9.59 Å². The third kappa shape index (κ3) is 5.19. The molecule has 146 valence electrons. The van der Waals surface area contributed by atoms with Gasteiger partial charge in [0.2, 0.25) is 5.91 Å². The van der Waals surface area contributed by atoms with Crippen LogP contribution in [0.25, 0.3) is 0 Å². The zero-order chi connectivity index (χ0) is 19.9. The Hall–Kier alpha value is -3.15. The Morgan fingerprint density at radius 1 is 1.00 bits per heavy atom. The zero-order valence-electron chi connectivity index (χ0n) is 16.4. The van der Waals surface area contributed by atoms with Crippen molar-refractivity contribution in [3.63, 3.8) is 0 Å². The molecule has 1 aromatic carbocycles. The van der Waals surface area contributed by atoms with Crippen LogP contribution in [0.2, 0.25) is 0 Å². The highest BCUT2D eigenvalue weighted by molar-refractivity contribution is 5.99. The summed E-state index contributed by atoms with van der Waals surface area (Å²) < 4.78 is 0. The van der Waals surface area contributed by atoms with Gasteiger partial charge in [0.05, 0.1) is 11.9 Å². The molecule has 1 N–H and O–H groups in total. The van der Waals surface area contributed by atoms with Gasteiger partial charge in [-0.2, -0.15) is 0 Å². The van der Waals surface area contributed by atoms with Crippen LogP contribution in [0.1, 0.15) is 30.6 Å². The van der Waals surface area contributed by atoms with Crippen molar-refractivity contribution in [1.29, 1.82) is 0 Å². The van der Waals surface area contributed by atoms with Crippen LogP contribution < -0.4 is 10.2 Å². The molecule has 0 unspecified atom stereocenters. The van der Waals surface area contributed by atoms with Gasteiger partial charge in [-0.25, -0.2) is 4.98 Å². The maximum absolute atomic E-state index is 12.7.